The maximum absolute atomic E-state index is 12.0. The number of hydrogen-bond acceptors (Lipinski definition) is 3. The van der Waals surface area contributed by atoms with Crippen LogP contribution in [-0.2, 0) is 0 Å². The molecule has 1 saturated carbocycles. The number of amides is 1. The van der Waals surface area contributed by atoms with E-state index in [2.05, 4.69) is 66.8 Å². The summed E-state index contributed by atoms with van der Waals surface area (Å²) in [5.41, 5.74) is 9.66. The van der Waals surface area contributed by atoms with Crippen LogP contribution in [0.2, 0.25) is 0 Å². The fraction of sp³-hybridized carbons (Fsp3) is 0.414. The van der Waals surface area contributed by atoms with Crippen LogP contribution in [0.15, 0.2) is 60.7 Å². The Hall–Kier alpha value is -2.69. The van der Waals surface area contributed by atoms with Crippen molar-refractivity contribution in [2.45, 2.75) is 69.9 Å². The number of primary amides is 1. The third kappa shape index (κ3) is 5.13. The smallest absolute Gasteiger partial charge is 0.248 e. The molecule has 4 atom stereocenters. The average Bonchev–Trinajstić information content (AvgIpc) is 2.84. The van der Waals surface area contributed by atoms with Crippen LogP contribution in [0.4, 0.5) is 0 Å². The van der Waals surface area contributed by atoms with E-state index in [4.69, 9.17) is 5.73 Å². The molecular formula is C29H36N2O2. The predicted molar refractivity (Wildman–Crippen MR) is 136 cm³/mol. The fourth-order valence-electron chi connectivity index (χ4n) is 5.56. The first kappa shape index (κ1) is 23.5. The lowest BCUT2D eigenvalue weighted by Crippen LogP contribution is -2.35. The second-order valence-electron chi connectivity index (χ2n) is 9.52. The van der Waals surface area contributed by atoms with Crippen LogP contribution in [0.1, 0.15) is 90.9 Å². The monoisotopic (exact) mass is 444 g/mol. The van der Waals surface area contributed by atoms with E-state index in [0.29, 0.717) is 17.5 Å². The number of nitrogens with one attached hydrogen (secondary N) is 1. The molecule has 0 bridgehead atoms. The summed E-state index contributed by atoms with van der Waals surface area (Å²) in [5, 5.41) is 16.3. The number of hydrogen-bond donors (Lipinski definition) is 3. The van der Waals surface area contributed by atoms with E-state index in [0.717, 1.165) is 24.8 Å². The van der Waals surface area contributed by atoms with Gasteiger partial charge in [-0.2, -0.15) is 0 Å². The van der Waals surface area contributed by atoms with Crippen LogP contribution in [-0.4, -0.2) is 23.7 Å². The van der Waals surface area contributed by atoms with Gasteiger partial charge in [0, 0.05) is 30.2 Å². The maximum atomic E-state index is 12.0. The van der Waals surface area contributed by atoms with Crippen molar-refractivity contribution < 1.29 is 9.90 Å². The topological polar surface area (TPSA) is 75.3 Å². The number of carbonyl (C=O) groups excluding carboxylic acids is 1. The highest BCUT2D eigenvalue weighted by molar-refractivity contribution is 5.94. The second-order valence-corrected chi connectivity index (χ2v) is 9.52. The predicted octanol–water partition coefficient (Wildman–Crippen LogP) is 5.80. The largest absolute Gasteiger partial charge is 0.396 e. The Morgan fingerprint density at radius 3 is 2.64 bits per heavy atom. The lowest BCUT2D eigenvalue weighted by atomic mass is 9.79. The molecule has 0 saturated heterocycles. The molecule has 33 heavy (non-hydrogen) atoms. The number of aliphatic hydroxyl groups excluding tert-OH is 1. The Morgan fingerprint density at radius 1 is 1.09 bits per heavy atom. The minimum atomic E-state index is -0.421. The lowest BCUT2D eigenvalue weighted by molar-refractivity contribution is 0.0998. The van der Waals surface area contributed by atoms with E-state index < -0.39 is 5.91 Å². The molecule has 3 aromatic carbocycles. The van der Waals surface area contributed by atoms with Gasteiger partial charge in [0.25, 0.3) is 0 Å². The molecule has 1 aliphatic rings. The van der Waals surface area contributed by atoms with Crippen molar-refractivity contribution in [1.29, 1.82) is 0 Å². The van der Waals surface area contributed by atoms with Gasteiger partial charge in [0.1, 0.15) is 0 Å². The molecule has 174 valence electrons. The summed E-state index contributed by atoms with van der Waals surface area (Å²) in [6.45, 7) is 4.32. The first-order valence-corrected chi connectivity index (χ1v) is 12.3. The molecule has 1 fully saturated rings. The Balaban J connectivity index is 1.53. The SMILES string of the molecule is CC[C@@H](CO)c1cc(C2CCCC(N[C@H](C)c3cccc4ccccc34)C2)ccc1C(N)=O. The van der Waals surface area contributed by atoms with Crippen molar-refractivity contribution in [3.63, 3.8) is 0 Å². The van der Waals surface area contributed by atoms with Gasteiger partial charge in [-0.15, -0.1) is 0 Å². The van der Waals surface area contributed by atoms with Crippen LogP contribution >= 0.6 is 0 Å². The summed E-state index contributed by atoms with van der Waals surface area (Å²) in [6, 6.07) is 21.9. The minimum Gasteiger partial charge on any atom is -0.396 e. The van der Waals surface area contributed by atoms with Gasteiger partial charge in [-0.1, -0.05) is 67.9 Å². The van der Waals surface area contributed by atoms with Gasteiger partial charge in [-0.05, 0) is 72.1 Å². The van der Waals surface area contributed by atoms with Gasteiger partial charge in [0.15, 0.2) is 0 Å². The van der Waals surface area contributed by atoms with Gasteiger partial charge < -0.3 is 16.2 Å². The highest BCUT2D eigenvalue weighted by Gasteiger charge is 2.26. The van der Waals surface area contributed by atoms with Crippen molar-refractivity contribution in [3.8, 4) is 0 Å². The van der Waals surface area contributed by atoms with E-state index in [-0.39, 0.29) is 18.6 Å². The summed E-state index contributed by atoms with van der Waals surface area (Å²) in [4.78, 5) is 12.0. The molecule has 4 heteroatoms. The van der Waals surface area contributed by atoms with Crippen LogP contribution in [0.5, 0.6) is 0 Å². The van der Waals surface area contributed by atoms with Crippen LogP contribution < -0.4 is 11.1 Å². The Bertz CT molecular complexity index is 1100. The van der Waals surface area contributed by atoms with Crippen molar-refractivity contribution >= 4 is 16.7 Å². The first-order chi connectivity index (χ1) is 16.0. The van der Waals surface area contributed by atoms with Crippen LogP contribution in [0.25, 0.3) is 10.8 Å². The van der Waals surface area contributed by atoms with E-state index in [1.807, 2.05) is 13.0 Å². The fourth-order valence-corrected chi connectivity index (χ4v) is 5.56. The molecular weight excluding hydrogens is 408 g/mol. The van der Waals surface area contributed by atoms with E-state index in [1.165, 1.54) is 34.7 Å². The Labute approximate surface area is 197 Å². The van der Waals surface area contributed by atoms with Gasteiger partial charge in [0.2, 0.25) is 5.91 Å². The van der Waals surface area contributed by atoms with Crippen LogP contribution in [0, 0.1) is 0 Å². The third-order valence-corrected chi connectivity index (χ3v) is 7.42. The van der Waals surface area contributed by atoms with Crippen LogP contribution in [0.3, 0.4) is 0 Å². The summed E-state index contributed by atoms with van der Waals surface area (Å²) >= 11 is 0. The van der Waals surface area contributed by atoms with Gasteiger partial charge in [0.05, 0.1) is 0 Å². The molecule has 1 amide bonds. The molecule has 0 heterocycles. The molecule has 3 aromatic rings. The van der Waals surface area contributed by atoms with E-state index >= 15 is 0 Å². The zero-order chi connectivity index (χ0) is 23.4. The van der Waals surface area contributed by atoms with E-state index in [1.54, 1.807) is 0 Å². The molecule has 2 unspecified atom stereocenters. The normalized spacial score (nSPS) is 20.5. The molecule has 4 nitrogen and oxygen atoms in total. The Morgan fingerprint density at radius 2 is 1.88 bits per heavy atom. The standard InChI is InChI=1S/C29H36N2O2/c1-3-20(18-32)28-17-23(14-15-27(28)29(30)33)22-10-6-11-24(16-22)31-19(2)25-13-7-9-21-8-4-5-12-26(21)25/h4-5,7-9,12-15,17,19-20,22,24,31-32H,3,6,10-11,16,18H2,1-2H3,(H2,30,33)/t19-,20+,22?,24?/m1/s1. The summed E-state index contributed by atoms with van der Waals surface area (Å²) in [6.07, 6.45) is 5.34. The minimum absolute atomic E-state index is 0.0254. The molecule has 0 aromatic heterocycles. The molecule has 0 radical (unpaired) electrons. The average molecular weight is 445 g/mol. The summed E-state index contributed by atoms with van der Waals surface area (Å²) in [5.74, 6) is -0.0419. The van der Waals surface area contributed by atoms with Crippen molar-refractivity contribution in [2.24, 2.45) is 5.73 Å². The van der Waals surface area contributed by atoms with Crippen molar-refractivity contribution in [1.82, 2.24) is 5.32 Å². The quantitative estimate of drug-likeness (QED) is 0.411. The molecule has 1 aliphatic carbocycles. The molecule has 0 spiro atoms. The number of aliphatic hydroxyl groups is 1. The summed E-state index contributed by atoms with van der Waals surface area (Å²) < 4.78 is 0. The zero-order valence-corrected chi connectivity index (χ0v) is 19.8. The maximum Gasteiger partial charge on any atom is 0.248 e. The number of benzene rings is 3. The molecule has 0 aliphatic heterocycles. The molecule has 4 N–H and O–H groups in total. The lowest BCUT2D eigenvalue weighted by Gasteiger charge is -2.33. The number of fused-ring (bicyclic) bond motifs is 1. The molecule has 4 rings (SSSR count). The Kier molecular flexibility index (Phi) is 7.46. The highest BCUT2D eigenvalue weighted by Crippen LogP contribution is 2.36. The van der Waals surface area contributed by atoms with Gasteiger partial charge >= 0.3 is 0 Å². The second kappa shape index (κ2) is 10.5. The highest BCUT2D eigenvalue weighted by atomic mass is 16.3. The third-order valence-electron chi connectivity index (χ3n) is 7.42. The number of carbonyl (C=O) groups is 1. The van der Waals surface area contributed by atoms with Gasteiger partial charge in [-0.25, -0.2) is 0 Å². The van der Waals surface area contributed by atoms with Crippen molar-refractivity contribution in [3.05, 3.63) is 82.9 Å². The first-order valence-electron chi connectivity index (χ1n) is 12.3. The van der Waals surface area contributed by atoms with Gasteiger partial charge in [-0.3, -0.25) is 4.79 Å². The number of rotatable bonds is 8. The van der Waals surface area contributed by atoms with Crippen molar-refractivity contribution in [2.75, 3.05) is 6.61 Å². The summed E-state index contributed by atoms with van der Waals surface area (Å²) in [7, 11) is 0. The number of nitrogens with two attached hydrogens (primary N) is 1. The zero-order valence-electron chi connectivity index (χ0n) is 19.8. The van der Waals surface area contributed by atoms with E-state index in [9.17, 15) is 9.90 Å².